The highest BCUT2D eigenvalue weighted by Gasteiger charge is 2.24. The molecule has 0 aliphatic heterocycles. The van der Waals surface area contributed by atoms with Crippen molar-refractivity contribution in [3.63, 3.8) is 0 Å². The fraction of sp³-hybridized carbons (Fsp3) is 0.444. The number of nitrogens with two attached hydrogens (primary N) is 2. The van der Waals surface area contributed by atoms with E-state index in [1.165, 1.54) is 6.07 Å². The van der Waals surface area contributed by atoms with Gasteiger partial charge in [0.15, 0.2) is 0 Å². The van der Waals surface area contributed by atoms with E-state index in [-0.39, 0.29) is 32.2 Å². The molecule has 0 radical (unpaired) electrons. The zero-order chi connectivity index (χ0) is 22.7. The van der Waals surface area contributed by atoms with E-state index in [0.717, 1.165) is 0 Å². The van der Waals surface area contributed by atoms with Gasteiger partial charge in [0.1, 0.15) is 6.04 Å². The van der Waals surface area contributed by atoms with E-state index in [1.54, 1.807) is 26.0 Å². The number of amides is 4. The molecule has 1 aromatic rings. The number of aliphatic hydroxyl groups excluding tert-OH is 1. The van der Waals surface area contributed by atoms with Crippen molar-refractivity contribution < 1.29 is 24.3 Å². The summed E-state index contributed by atoms with van der Waals surface area (Å²) in [5.74, 6) is 3.03. The van der Waals surface area contributed by atoms with Crippen LogP contribution in [0.3, 0.4) is 0 Å². The van der Waals surface area contributed by atoms with Crippen LogP contribution in [-0.4, -0.2) is 54.4 Å². The average molecular weight is 423 g/mol. The monoisotopic (exact) mass is 423 g/mol. The van der Waals surface area contributed by atoms with E-state index in [4.69, 9.17) is 11.6 Å². The van der Waals surface area contributed by atoms with Crippen LogP contribution in [0.1, 0.15) is 19.4 Å². The maximum atomic E-state index is 12.4. The van der Waals surface area contributed by atoms with E-state index >= 15 is 0 Å². The highest BCUT2D eigenvalue weighted by molar-refractivity contribution is 5.96. The topological polar surface area (TPSA) is 201 Å². The molecule has 166 valence electrons. The number of nitrogens with one attached hydrogen (secondary N) is 5. The van der Waals surface area contributed by atoms with Gasteiger partial charge in [0, 0.05) is 11.3 Å². The molecule has 0 saturated heterocycles. The fourth-order valence-electron chi connectivity index (χ4n) is 2.42. The molecule has 0 bridgehead atoms. The van der Waals surface area contributed by atoms with Gasteiger partial charge in [-0.2, -0.15) is 0 Å². The Kier molecular flexibility index (Phi) is 10.2. The molecule has 12 heteroatoms. The van der Waals surface area contributed by atoms with Crippen LogP contribution in [0.2, 0.25) is 0 Å². The Labute approximate surface area is 174 Å². The number of nitrogen functional groups attached to an aromatic ring is 1. The summed E-state index contributed by atoms with van der Waals surface area (Å²) in [5, 5.41) is 19.1. The average Bonchev–Trinajstić information content (AvgIpc) is 2.73. The van der Waals surface area contributed by atoms with Crippen LogP contribution in [0.5, 0.6) is 0 Å². The summed E-state index contributed by atoms with van der Waals surface area (Å²) < 4.78 is 0. The summed E-state index contributed by atoms with van der Waals surface area (Å²) in [4.78, 5) is 47.5. The van der Waals surface area contributed by atoms with Crippen molar-refractivity contribution >= 4 is 35.0 Å². The largest absolute Gasteiger partial charge is 0.392 e. The van der Waals surface area contributed by atoms with Crippen LogP contribution in [0.4, 0.5) is 11.4 Å². The summed E-state index contributed by atoms with van der Waals surface area (Å²) >= 11 is 0. The molecule has 0 aromatic heterocycles. The van der Waals surface area contributed by atoms with E-state index in [9.17, 15) is 24.3 Å². The molecule has 0 saturated carbocycles. The fourth-order valence-corrected chi connectivity index (χ4v) is 2.42. The van der Waals surface area contributed by atoms with Crippen molar-refractivity contribution in [3.8, 4) is 0 Å². The van der Waals surface area contributed by atoms with Crippen molar-refractivity contribution in [3.05, 3.63) is 23.8 Å². The number of benzene rings is 1. The van der Waals surface area contributed by atoms with Gasteiger partial charge >= 0.3 is 0 Å². The molecule has 0 aliphatic rings. The summed E-state index contributed by atoms with van der Waals surface area (Å²) in [6.07, 6.45) is 0. The second-order valence-electron chi connectivity index (χ2n) is 6.71. The quantitative estimate of drug-likeness (QED) is 0.144. The molecule has 0 spiro atoms. The number of aliphatic hydroxyl groups is 1. The second-order valence-corrected chi connectivity index (χ2v) is 6.71. The number of hydrogen-bond donors (Lipinski definition) is 8. The zero-order valence-electron chi connectivity index (χ0n) is 17.0. The summed E-state index contributed by atoms with van der Waals surface area (Å²) in [6.45, 7) is 2.35. The molecule has 1 unspecified atom stereocenters. The van der Waals surface area contributed by atoms with E-state index < -0.39 is 29.7 Å². The van der Waals surface area contributed by atoms with Gasteiger partial charge in [0.2, 0.25) is 23.6 Å². The number of hydrogen-bond acceptors (Lipinski definition) is 8. The molecular formula is C18H29N7O5. The molecular weight excluding hydrogens is 394 g/mol. The predicted octanol–water partition coefficient (Wildman–Crippen LogP) is -2.27. The lowest BCUT2D eigenvalue weighted by Crippen LogP contribution is -2.53. The number of anilines is 2. The van der Waals surface area contributed by atoms with E-state index in [0.29, 0.717) is 16.9 Å². The number of rotatable bonds is 11. The van der Waals surface area contributed by atoms with Gasteiger partial charge in [-0.1, -0.05) is 19.9 Å². The first-order valence-corrected chi connectivity index (χ1v) is 9.25. The minimum atomic E-state index is -0.892. The molecule has 10 N–H and O–H groups in total. The van der Waals surface area contributed by atoms with Crippen LogP contribution >= 0.6 is 0 Å². The zero-order valence-corrected chi connectivity index (χ0v) is 17.0. The highest BCUT2D eigenvalue weighted by Crippen LogP contribution is 2.20. The maximum absolute atomic E-state index is 12.4. The lowest BCUT2D eigenvalue weighted by molar-refractivity contribution is -0.131. The minimum absolute atomic E-state index is 0.220. The lowest BCUT2D eigenvalue weighted by Gasteiger charge is -2.21. The number of carbonyl (C=O) groups excluding carboxylic acids is 4. The van der Waals surface area contributed by atoms with Gasteiger partial charge in [-0.3, -0.25) is 25.0 Å². The third-order valence-electron chi connectivity index (χ3n) is 4.04. The SMILES string of the molecule is CC(C)C(NC(=O)CNC(=O)CN)C(=O)NCC(=O)Nc1ccc(CO)c(NN)c1. The predicted molar refractivity (Wildman–Crippen MR) is 111 cm³/mol. The van der Waals surface area contributed by atoms with Gasteiger partial charge in [0.25, 0.3) is 0 Å². The molecule has 1 atom stereocenters. The molecule has 30 heavy (non-hydrogen) atoms. The molecule has 12 nitrogen and oxygen atoms in total. The van der Waals surface area contributed by atoms with Crippen molar-refractivity contribution in [1.29, 1.82) is 0 Å². The van der Waals surface area contributed by atoms with Crippen molar-refractivity contribution in [1.82, 2.24) is 16.0 Å². The van der Waals surface area contributed by atoms with Gasteiger partial charge in [-0.15, -0.1) is 0 Å². The number of carbonyl (C=O) groups is 4. The molecule has 1 rings (SSSR count). The summed E-state index contributed by atoms with van der Waals surface area (Å²) in [7, 11) is 0. The first kappa shape index (κ1) is 24.8. The Morgan fingerprint density at radius 3 is 2.27 bits per heavy atom. The summed E-state index contributed by atoms with van der Waals surface area (Å²) in [5.41, 5.74) is 8.99. The van der Waals surface area contributed by atoms with E-state index in [2.05, 4.69) is 26.7 Å². The van der Waals surface area contributed by atoms with Crippen molar-refractivity contribution in [2.45, 2.75) is 26.5 Å². The van der Waals surface area contributed by atoms with Crippen LogP contribution < -0.4 is 38.3 Å². The molecule has 0 heterocycles. The Bertz CT molecular complexity index is 769. The second kappa shape index (κ2) is 12.4. The third kappa shape index (κ3) is 8.03. The summed E-state index contributed by atoms with van der Waals surface area (Å²) in [6, 6.07) is 3.82. The van der Waals surface area contributed by atoms with Crippen LogP contribution in [0.15, 0.2) is 18.2 Å². The van der Waals surface area contributed by atoms with Gasteiger partial charge in [0.05, 0.1) is 31.9 Å². The first-order valence-electron chi connectivity index (χ1n) is 9.25. The number of hydrazine groups is 1. The van der Waals surface area contributed by atoms with Crippen molar-refractivity contribution in [2.75, 3.05) is 30.4 Å². The third-order valence-corrected chi connectivity index (χ3v) is 4.04. The normalized spacial score (nSPS) is 11.4. The molecule has 1 aromatic carbocycles. The van der Waals surface area contributed by atoms with Gasteiger partial charge < -0.3 is 37.5 Å². The molecule has 0 fully saturated rings. The molecule has 0 aliphatic carbocycles. The lowest BCUT2D eigenvalue weighted by atomic mass is 10.0. The minimum Gasteiger partial charge on any atom is -0.392 e. The van der Waals surface area contributed by atoms with Gasteiger partial charge in [-0.25, -0.2) is 0 Å². The van der Waals surface area contributed by atoms with Crippen LogP contribution in [0.25, 0.3) is 0 Å². The molecule has 4 amide bonds. The van der Waals surface area contributed by atoms with Gasteiger partial charge in [-0.05, 0) is 18.1 Å². The Balaban J connectivity index is 2.59. The smallest absolute Gasteiger partial charge is 0.243 e. The Morgan fingerprint density at radius 2 is 1.70 bits per heavy atom. The Hall–Kier alpha value is -3.22. The van der Waals surface area contributed by atoms with Crippen molar-refractivity contribution in [2.24, 2.45) is 17.5 Å². The first-order chi connectivity index (χ1) is 14.2. The van der Waals surface area contributed by atoms with E-state index in [1.807, 2.05) is 0 Å². The highest BCUT2D eigenvalue weighted by atomic mass is 16.3. The standard InChI is InChI=1S/C18H29N7O5/c1-10(2)17(24-16(29)7-21-14(27)6-19)18(30)22-8-15(28)23-12-4-3-11(9-26)13(5-12)25-20/h3-5,10,17,25-26H,6-9,19-20H2,1-2H3,(H,21,27)(H,22,30)(H,23,28)(H,24,29). The maximum Gasteiger partial charge on any atom is 0.243 e. The van der Waals surface area contributed by atoms with Crippen LogP contribution in [0, 0.1) is 5.92 Å². The Morgan fingerprint density at radius 1 is 1.03 bits per heavy atom. The van der Waals surface area contributed by atoms with Crippen LogP contribution in [-0.2, 0) is 25.8 Å².